The molecule has 23 heavy (non-hydrogen) atoms. The lowest BCUT2D eigenvalue weighted by molar-refractivity contribution is -0.117. The summed E-state index contributed by atoms with van der Waals surface area (Å²) in [5.41, 5.74) is 0.924. The average molecular weight is 464 g/mol. The molecule has 2 aliphatic rings. The van der Waals surface area contributed by atoms with E-state index in [1.807, 2.05) is 36.1 Å². The number of anilines is 1. The average Bonchev–Trinajstić information content (AvgIpc) is 2.91. The van der Waals surface area contributed by atoms with Crippen molar-refractivity contribution in [2.24, 2.45) is 4.99 Å². The number of hydrogen-bond acceptors (Lipinski definition) is 4. The molecule has 8 heteroatoms. The summed E-state index contributed by atoms with van der Waals surface area (Å²) < 4.78 is 25.0. The Morgan fingerprint density at radius 1 is 1.39 bits per heavy atom. The summed E-state index contributed by atoms with van der Waals surface area (Å²) >= 11 is 3.65. The van der Waals surface area contributed by atoms with E-state index in [9.17, 15) is 13.2 Å². The van der Waals surface area contributed by atoms with Gasteiger partial charge in [-0.05, 0) is 41.1 Å². The number of amides is 1. The molecule has 1 amide bonds. The van der Waals surface area contributed by atoms with Gasteiger partial charge in [0.25, 0.3) is 0 Å². The van der Waals surface area contributed by atoms with E-state index in [1.165, 1.54) is 11.8 Å². The van der Waals surface area contributed by atoms with Gasteiger partial charge < -0.3 is 4.90 Å². The van der Waals surface area contributed by atoms with E-state index in [4.69, 9.17) is 0 Å². The molecular formula is C15H17IN2O3S2. The molecule has 0 aliphatic carbocycles. The van der Waals surface area contributed by atoms with Gasteiger partial charge in [0.1, 0.15) is 0 Å². The summed E-state index contributed by atoms with van der Waals surface area (Å²) in [4.78, 5) is 18.2. The van der Waals surface area contributed by atoms with Crippen molar-refractivity contribution < 1.29 is 13.2 Å². The van der Waals surface area contributed by atoms with Crippen LogP contribution in [0.5, 0.6) is 0 Å². The molecule has 0 saturated carbocycles. The van der Waals surface area contributed by atoms with Crippen LogP contribution in [0.3, 0.4) is 0 Å². The van der Waals surface area contributed by atoms with Crippen LogP contribution in [-0.2, 0) is 14.6 Å². The molecule has 3 rings (SSSR count). The second-order valence-corrected chi connectivity index (χ2v) is 10.2. The van der Waals surface area contributed by atoms with Crippen LogP contribution in [0.2, 0.25) is 0 Å². The molecule has 2 saturated heterocycles. The van der Waals surface area contributed by atoms with Gasteiger partial charge in [0.15, 0.2) is 15.0 Å². The molecule has 2 aliphatic heterocycles. The Morgan fingerprint density at radius 2 is 2.13 bits per heavy atom. The highest BCUT2D eigenvalue weighted by molar-refractivity contribution is 14.1. The molecule has 1 aromatic rings. The SMILES string of the molecule is CCCC(=O)N=C1SC2CS(=O)(=O)CC2N1c1ccccc1I. The van der Waals surface area contributed by atoms with E-state index in [2.05, 4.69) is 27.6 Å². The van der Waals surface area contributed by atoms with E-state index in [1.54, 1.807) is 0 Å². The van der Waals surface area contributed by atoms with Crippen LogP contribution in [0.4, 0.5) is 5.69 Å². The van der Waals surface area contributed by atoms with Crippen molar-refractivity contribution in [1.29, 1.82) is 0 Å². The number of rotatable bonds is 3. The standard InChI is InChI=1S/C15H17IN2O3S2/c1-2-5-14(19)17-15-18(11-7-4-3-6-10(11)16)12-8-23(20,21)9-13(12)22-15/h3-4,6-7,12-13H,2,5,8-9H2,1H3. The fourth-order valence-electron chi connectivity index (χ4n) is 2.87. The topological polar surface area (TPSA) is 66.8 Å². The minimum atomic E-state index is -3.03. The van der Waals surface area contributed by atoms with Gasteiger partial charge >= 0.3 is 0 Å². The van der Waals surface area contributed by atoms with E-state index < -0.39 is 9.84 Å². The van der Waals surface area contributed by atoms with Crippen molar-refractivity contribution in [3.8, 4) is 0 Å². The number of benzene rings is 1. The molecule has 124 valence electrons. The van der Waals surface area contributed by atoms with Crippen LogP contribution in [0.15, 0.2) is 29.3 Å². The molecule has 0 radical (unpaired) electrons. The number of sulfone groups is 1. The van der Waals surface area contributed by atoms with Gasteiger partial charge in [0.05, 0.1) is 23.2 Å². The van der Waals surface area contributed by atoms with Crippen molar-refractivity contribution in [1.82, 2.24) is 0 Å². The zero-order chi connectivity index (χ0) is 16.6. The first-order chi connectivity index (χ1) is 10.9. The normalized spacial score (nSPS) is 27.4. The van der Waals surface area contributed by atoms with E-state index in [-0.39, 0.29) is 28.7 Å². The Labute approximate surface area is 154 Å². The van der Waals surface area contributed by atoms with Gasteiger partial charge in [-0.25, -0.2) is 8.42 Å². The molecule has 0 N–H and O–H groups in total. The van der Waals surface area contributed by atoms with Crippen LogP contribution < -0.4 is 4.90 Å². The van der Waals surface area contributed by atoms with Crippen LogP contribution in [0.25, 0.3) is 0 Å². The molecule has 0 bridgehead atoms. The predicted octanol–water partition coefficient (Wildman–Crippen LogP) is 2.69. The Bertz CT molecular complexity index is 764. The number of para-hydroxylation sites is 1. The smallest absolute Gasteiger partial charge is 0.248 e. The minimum Gasteiger partial charge on any atom is -0.315 e. The number of thioether (sulfide) groups is 1. The lowest BCUT2D eigenvalue weighted by Crippen LogP contribution is -2.38. The lowest BCUT2D eigenvalue weighted by Gasteiger charge is -2.25. The number of halogens is 1. The molecule has 0 spiro atoms. The minimum absolute atomic E-state index is 0.0517. The summed E-state index contributed by atoms with van der Waals surface area (Å²) in [7, 11) is -3.03. The van der Waals surface area contributed by atoms with Gasteiger partial charge in [-0.2, -0.15) is 4.99 Å². The Morgan fingerprint density at radius 3 is 2.83 bits per heavy atom. The number of fused-ring (bicyclic) bond motifs is 1. The predicted molar refractivity (Wildman–Crippen MR) is 103 cm³/mol. The fourth-order valence-corrected chi connectivity index (χ4v) is 7.44. The largest absolute Gasteiger partial charge is 0.315 e. The first kappa shape index (κ1) is 17.2. The second-order valence-electron chi connectivity index (χ2n) is 5.66. The van der Waals surface area contributed by atoms with Crippen LogP contribution in [0, 0.1) is 3.57 Å². The van der Waals surface area contributed by atoms with E-state index in [0.717, 1.165) is 15.7 Å². The zero-order valence-electron chi connectivity index (χ0n) is 12.6. The quantitative estimate of drug-likeness (QED) is 0.644. The third-order valence-electron chi connectivity index (χ3n) is 3.86. The van der Waals surface area contributed by atoms with Crippen molar-refractivity contribution in [3.05, 3.63) is 27.8 Å². The third-order valence-corrected chi connectivity index (χ3v) is 7.98. The van der Waals surface area contributed by atoms with Crippen LogP contribution in [-0.4, -0.2) is 42.3 Å². The van der Waals surface area contributed by atoms with E-state index in [0.29, 0.717) is 11.6 Å². The fraction of sp³-hybridized carbons (Fsp3) is 0.467. The number of aliphatic imine (C=N–C) groups is 1. The van der Waals surface area contributed by atoms with Gasteiger partial charge in [0.2, 0.25) is 5.91 Å². The number of carbonyl (C=O) groups is 1. The summed E-state index contributed by atoms with van der Waals surface area (Å²) in [6.45, 7) is 1.94. The van der Waals surface area contributed by atoms with Crippen molar-refractivity contribution in [2.75, 3.05) is 16.4 Å². The first-order valence-corrected chi connectivity index (χ1v) is 11.2. The summed E-state index contributed by atoms with van der Waals surface area (Å²) in [5, 5.41) is 0.585. The number of amidine groups is 1. The van der Waals surface area contributed by atoms with Crippen LogP contribution in [0.1, 0.15) is 19.8 Å². The lowest BCUT2D eigenvalue weighted by atomic mass is 10.2. The Hall–Kier alpha value is -0.610. The Kier molecular flexibility index (Phi) is 5.03. The van der Waals surface area contributed by atoms with Crippen molar-refractivity contribution in [2.45, 2.75) is 31.1 Å². The summed E-state index contributed by atoms with van der Waals surface area (Å²) in [6, 6.07) is 7.65. The number of carbonyl (C=O) groups excluding carboxylic acids is 1. The van der Waals surface area contributed by atoms with E-state index >= 15 is 0 Å². The van der Waals surface area contributed by atoms with Gasteiger partial charge in [0, 0.05) is 15.2 Å². The Balaban J connectivity index is 2.01. The molecule has 2 heterocycles. The molecule has 5 nitrogen and oxygen atoms in total. The summed E-state index contributed by atoms with van der Waals surface area (Å²) in [6.07, 6.45) is 1.17. The van der Waals surface area contributed by atoms with Crippen molar-refractivity contribution in [3.63, 3.8) is 0 Å². The maximum Gasteiger partial charge on any atom is 0.248 e. The van der Waals surface area contributed by atoms with Gasteiger partial charge in [-0.15, -0.1) is 0 Å². The highest BCUT2D eigenvalue weighted by atomic mass is 127. The molecule has 2 unspecified atom stereocenters. The maximum atomic E-state index is 12.0. The van der Waals surface area contributed by atoms with Crippen LogP contribution >= 0.6 is 34.4 Å². The molecule has 2 fully saturated rings. The second kappa shape index (κ2) is 6.72. The highest BCUT2D eigenvalue weighted by Gasteiger charge is 2.49. The molecule has 0 aromatic heterocycles. The summed E-state index contributed by atoms with van der Waals surface area (Å²) in [5.74, 6) is 0.133. The molecule has 2 atom stereocenters. The molecule has 1 aromatic carbocycles. The monoisotopic (exact) mass is 464 g/mol. The van der Waals surface area contributed by atoms with Gasteiger partial charge in [-0.1, -0.05) is 30.8 Å². The third kappa shape index (κ3) is 3.58. The molecular weight excluding hydrogens is 447 g/mol. The number of hydrogen-bond donors (Lipinski definition) is 0. The first-order valence-electron chi connectivity index (χ1n) is 7.43. The van der Waals surface area contributed by atoms with Crippen molar-refractivity contribution >= 4 is 61.0 Å². The maximum absolute atomic E-state index is 12.0. The van der Waals surface area contributed by atoms with Gasteiger partial charge in [-0.3, -0.25) is 4.79 Å². The zero-order valence-corrected chi connectivity index (χ0v) is 16.4. The highest BCUT2D eigenvalue weighted by Crippen LogP contribution is 2.42. The number of nitrogens with zero attached hydrogens (tertiary/aromatic N) is 2.